The van der Waals surface area contributed by atoms with Gasteiger partial charge in [-0.25, -0.2) is 4.39 Å². The fraction of sp³-hybridized carbons (Fsp3) is 0.571. The highest BCUT2D eigenvalue weighted by Crippen LogP contribution is 2.21. The SMILES string of the molecule is COc1cccc(CN2CCN(CCCl)CC2)c1F. The van der Waals surface area contributed by atoms with Gasteiger partial charge in [0.05, 0.1) is 7.11 Å². The maximum Gasteiger partial charge on any atom is 0.169 e. The average Bonchev–Trinajstić information content (AvgIpc) is 2.43. The molecular weight excluding hydrogens is 267 g/mol. The summed E-state index contributed by atoms with van der Waals surface area (Å²) >= 11 is 5.74. The monoisotopic (exact) mass is 286 g/mol. The Hall–Kier alpha value is -0.840. The lowest BCUT2D eigenvalue weighted by Gasteiger charge is -2.34. The van der Waals surface area contributed by atoms with Crippen LogP contribution in [0.4, 0.5) is 4.39 Å². The van der Waals surface area contributed by atoms with Crippen LogP contribution in [-0.4, -0.2) is 55.5 Å². The highest BCUT2D eigenvalue weighted by Gasteiger charge is 2.18. The Balaban J connectivity index is 1.92. The molecule has 0 spiro atoms. The molecule has 1 heterocycles. The molecule has 0 amide bonds. The van der Waals surface area contributed by atoms with Gasteiger partial charge >= 0.3 is 0 Å². The Bertz CT molecular complexity index is 408. The fourth-order valence-electron chi connectivity index (χ4n) is 2.37. The zero-order valence-electron chi connectivity index (χ0n) is 11.2. The summed E-state index contributed by atoms with van der Waals surface area (Å²) in [5.74, 6) is 0.747. The first-order valence-electron chi connectivity index (χ1n) is 6.56. The molecule has 1 saturated heterocycles. The van der Waals surface area contributed by atoms with Crippen LogP contribution in [0.3, 0.4) is 0 Å². The summed E-state index contributed by atoms with van der Waals surface area (Å²) in [5, 5.41) is 0. The van der Waals surface area contributed by atoms with Crippen molar-refractivity contribution in [3.63, 3.8) is 0 Å². The maximum atomic E-state index is 14.0. The molecule has 1 fully saturated rings. The van der Waals surface area contributed by atoms with Crippen LogP contribution in [0.15, 0.2) is 18.2 Å². The van der Waals surface area contributed by atoms with Gasteiger partial charge in [0.25, 0.3) is 0 Å². The number of methoxy groups -OCH3 is 1. The first-order chi connectivity index (χ1) is 9.24. The van der Waals surface area contributed by atoms with E-state index in [1.54, 1.807) is 6.07 Å². The van der Waals surface area contributed by atoms with Gasteiger partial charge in [0, 0.05) is 50.7 Å². The number of hydrogen-bond acceptors (Lipinski definition) is 3. The zero-order valence-corrected chi connectivity index (χ0v) is 12.0. The normalized spacial score (nSPS) is 17.6. The smallest absolute Gasteiger partial charge is 0.169 e. The summed E-state index contributed by atoms with van der Waals surface area (Å²) < 4.78 is 19.1. The van der Waals surface area contributed by atoms with Crippen molar-refractivity contribution in [1.82, 2.24) is 9.80 Å². The molecule has 1 aliphatic heterocycles. The Morgan fingerprint density at radius 2 is 1.89 bits per heavy atom. The molecule has 106 valence electrons. The highest BCUT2D eigenvalue weighted by atomic mass is 35.5. The van der Waals surface area contributed by atoms with Gasteiger partial charge in [0.15, 0.2) is 11.6 Å². The summed E-state index contributed by atoms with van der Waals surface area (Å²) in [7, 11) is 1.49. The highest BCUT2D eigenvalue weighted by molar-refractivity contribution is 6.18. The van der Waals surface area contributed by atoms with Crippen LogP contribution in [0.25, 0.3) is 0 Å². The molecule has 0 radical (unpaired) electrons. The second-order valence-corrected chi connectivity index (χ2v) is 5.12. The molecule has 0 bridgehead atoms. The lowest BCUT2D eigenvalue weighted by molar-refractivity contribution is 0.131. The predicted octanol–water partition coefficient (Wildman–Crippen LogP) is 2.19. The minimum absolute atomic E-state index is 0.242. The molecule has 2 rings (SSSR count). The molecule has 0 aromatic heterocycles. The molecule has 0 atom stereocenters. The van der Waals surface area contributed by atoms with Gasteiger partial charge in [-0.05, 0) is 6.07 Å². The zero-order chi connectivity index (χ0) is 13.7. The van der Waals surface area contributed by atoms with E-state index in [0.717, 1.165) is 32.7 Å². The van der Waals surface area contributed by atoms with Crippen LogP contribution in [-0.2, 0) is 6.54 Å². The maximum absolute atomic E-state index is 14.0. The van der Waals surface area contributed by atoms with Gasteiger partial charge in [0.1, 0.15) is 0 Å². The van der Waals surface area contributed by atoms with Crippen LogP contribution in [0, 0.1) is 5.82 Å². The van der Waals surface area contributed by atoms with Gasteiger partial charge in [0.2, 0.25) is 0 Å². The molecule has 0 aliphatic carbocycles. The molecule has 0 saturated carbocycles. The van der Waals surface area contributed by atoms with E-state index in [9.17, 15) is 4.39 Å². The third-order valence-electron chi connectivity index (χ3n) is 3.52. The topological polar surface area (TPSA) is 15.7 Å². The van der Waals surface area contributed by atoms with E-state index in [0.29, 0.717) is 23.7 Å². The van der Waals surface area contributed by atoms with Crippen LogP contribution in [0.5, 0.6) is 5.75 Å². The fourth-order valence-corrected chi connectivity index (χ4v) is 2.61. The van der Waals surface area contributed by atoms with Crippen molar-refractivity contribution in [2.24, 2.45) is 0 Å². The van der Waals surface area contributed by atoms with Crippen LogP contribution in [0.1, 0.15) is 5.56 Å². The summed E-state index contributed by atoms with van der Waals surface area (Å²) in [6.45, 7) is 5.47. The van der Waals surface area contributed by atoms with Crippen molar-refractivity contribution >= 4 is 11.6 Å². The molecule has 19 heavy (non-hydrogen) atoms. The number of hydrogen-bond donors (Lipinski definition) is 0. The second-order valence-electron chi connectivity index (χ2n) is 4.74. The van der Waals surface area contributed by atoms with E-state index < -0.39 is 0 Å². The Labute approximate surface area is 118 Å². The third kappa shape index (κ3) is 3.81. The summed E-state index contributed by atoms with van der Waals surface area (Å²) in [6.07, 6.45) is 0. The van der Waals surface area contributed by atoms with Crippen LogP contribution >= 0.6 is 11.6 Å². The minimum Gasteiger partial charge on any atom is -0.494 e. The van der Waals surface area contributed by atoms with Crippen molar-refractivity contribution in [3.8, 4) is 5.75 Å². The molecular formula is C14H20ClFN2O. The standard InChI is InChI=1S/C14H20ClFN2O/c1-19-13-4-2-3-12(14(13)16)11-18-9-7-17(6-5-15)8-10-18/h2-4H,5-11H2,1H3. The van der Waals surface area contributed by atoms with Crippen molar-refractivity contribution in [2.75, 3.05) is 45.7 Å². The average molecular weight is 287 g/mol. The van der Waals surface area contributed by atoms with E-state index in [1.165, 1.54) is 7.11 Å². The van der Waals surface area contributed by atoms with Gasteiger partial charge in [-0.3, -0.25) is 9.80 Å². The number of piperazine rings is 1. The largest absolute Gasteiger partial charge is 0.494 e. The third-order valence-corrected chi connectivity index (χ3v) is 3.69. The number of halogens is 2. The Morgan fingerprint density at radius 3 is 2.53 bits per heavy atom. The number of ether oxygens (including phenoxy) is 1. The van der Waals surface area contributed by atoms with Crippen molar-refractivity contribution in [1.29, 1.82) is 0 Å². The van der Waals surface area contributed by atoms with Crippen molar-refractivity contribution < 1.29 is 9.13 Å². The molecule has 1 aromatic rings. The van der Waals surface area contributed by atoms with E-state index >= 15 is 0 Å². The lowest BCUT2D eigenvalue weighted by Crippen LogP contribution is -2.46. The molecule has 0 N–H and O–H groups in total. The van der Waals surface area contributed by atoms with Crippen LogP contribution < -0.4 is 4.74 Å². The molecule has 1 aliphatic rings. The summed E-state index contributed by atoms with van der Waals surface area (Å²) in [5.41, 5.74) is 0.699. The van der Waals surface area contributed by atoms with E-state index in [1.807, 2.05) is 12.1 Å². The molecule has 3 nitrogen and oxygen atoms in total. The van der Waals surface area contributed by atoms with E-state index in [2.05, 4.69) is 9.80 Å². The quantitative estimate of drug-likeness (QED) is 0.772. The van der Waals surface area contributed by atoms with Gasteiger partial charge < -0.3 is 4.74 Å². The first-order valence-corrected chi connectivity index (χ1v) is 7.10. The van der Waals surface area contributed by atoms with E-state index in [-0.39, 0.29) is 5.82 Å². The summed E-state index contributed by atoms with van der Waals surface area (Å²) in [6, 6.07) is 5.31. The number of benzene rings is 1. The minimum atomic E-state index is -0.242. The molecule has 5 heteroatoms. The Kier molecular flexibility index (Phi) is 5.43. The first kappa shape index (κ1) is 14.6. The van der Waals surface area contributed by atoms with E-state index in [4.69, 9.17) is 16.3 Å². The second kappa shape index (κ2) is 7.08. The number of rotatable bonds is 5. The van der Waals surface area contributed by atoms with Gasteiger partial charge in [-0.1, -0.05) is 12.1 Å². The van der Waals surface area contributed by atoms with Gasteiger partial charge in [-0.2, -0.15) is 0 Å². The molecule has 1 aromatic carbocycles. The predicted molar refractivity (Wildman–Crippen MR) is 75.4 cm³/mol. The molecule has 0 unspecified atom stereocenters. The van der Waals surface area contributed by atoms with Crippen molar-refractivity contribution in [2.45, 2.75) is 6.54 Å². The number of alkyl halides is 1. The summed E-state index contributed by atoms with van der Waals surface area (Å²) in [4.78, 5) is 4.61. The Morgan fingerprint density at radius 1 is 1.21 bits per heavy atom. The number of nitrogens with zero attached hydrogens (tertiary/aromatic N) is 2. The van der Waals surface area contributed by atoms with Crippen LogP contribution in [0.2, 0.25) is 0 Å². The lowest BCUT2D eigenvalue weighted by atomic mass is 10.1. The van der Waals surface area contributed by atoms with Crippen molar-refractivity contribution in [3.05, 3.63) is 29.6 Å². The van der Waals surface area contributed by atoms with Gasteiger partial charge in [-0.15, -0.1) is 11.6 Å².